The van der Waals surface area contributed by atoms with E-state index in [0.717, 1.165) is 16.4 Å². The number of halogens is 1. The van der Waals surface area contributed by atoms with Crippen LogP contribution in [0.2, 0.25) is 0 Å². The van der Waals surface area contributed by atoms with E-state index in [1.54, 1.807) is 42.7 Å². The topological polar surface area (TPSA) is 101 Å². The average Bonchev–Trinajstić information content (AvgIpc) is 2.76. The normalized spacial score (nSPS) is 11.3. The maximum absolute atomic E-state index is 13.0. The van der Waals surface area contributed by atoms with E-state index in [1.807, 2.05) is 0 Å². The number of carbonyl (C=O) groups is 1. The fourth-order valence-electron chi connectivity index (χ4n) is 2.64. The van der Waals surface area contributed by atoms with Gasteiger partial charge in [0.15, 0.2) is 0 Å². The van der Waals surface area contributed by atoms with Crippen molar-refractivity contribution in [3.8, 4) is 11.8 Å². The number of amides is 1. The van der Waals surface area contributed by atoms with Crippen LogP contribution in [0.1, 0.15) is 12.8 Å². The lowest BCUT2D eigenvalue weighted by Crippen LogP contribution is -2.28. The molecule has 0 atom stereocenters. The van der Waals surface area contributed by atoms with Crippen molar-refractivity contribution in [2.45, 2.75) is 17.7 Å². The standard InChI is InChI=1S/C21H21FN4O4S/c1-26(31(28,29)19-11-5-16(22)6-12-19)15-2-4-20(27)25-17-7-9-18(10-8-17)30-21-23-13-3-14-24-21/h3,5-14H,2,4,15H2,1H3,(H,25,27). The molecule has 1 aromatic heterocycles. The van der Waals surface area contributed by atoms with Crippen LogP contribution < -0.4 is 10.1 Å². The molecule has 0 spiro atoms. The van der Waals surface area contributed by atoms with Gasteiger partial charge in [-0.3, -0.25) is 4.79 Å². The second kappa shape index (κ2) is 10.1. The largest absolute Gasteiger partial charge is 0.424 e. The lowest BCUT2D eigenvalue weighted by Gasteiger charge is -2.17. The van der Waals surface area contributed by atoms with E-state index >= 15 is 0 Å². The Hall–Kier alpha value is -3.37. The molecule has 8 nitrogen and oxygen atoms in total. The summed E-state index contributed by atoms with van der Waals surface area (Å²) in [5.74, 6) is -0.226. The third-order valence-corrected chi connectivity index (χ3v) is 6.16. The van der Waals surface area contributed by atoms with E-state index in [-0.39, 0.29) is 29.8 Å². The van der Waals surface area contributed by atoms with Crippen LogP contribution in [0, 0.1) is 5.82 Å². The molecule has 162 valence electrons. The Labute approximate surface area is 179 Å². The first-order valence-electron chi connectivity index (χ1n) is 9.41. The third-order valence-electron chi connectivity index (χ3n) is 4.29. The number of rotatable bonds is 9. The molecule has 0 radical (unpaired) electrons. The number of carbonyl (C=O) groups excluding carboxylic acids is 1. The highest BCUT2D eigenvalue weighted by Gasteiger charge is 2.20. The molecule has 1 N–H and O–H groups in total. The summed E-state index contributed by atoms with van der Waals surface area (Å²) in [5.41, 5.74) is 0.582. The molecule has 3 rings (SSSR count). The Kier molecular flexibility index (Phi) is 7.27. The highest BCUT2D eigenvalue weighted by molar-refractivity contribution is 7.89. The number of ether oxygens (including phenoxy) is 1. The van der Waals surface area contributed by atoms with Crippen molar-refractivity contribution in [3.63, 3.8) is 0 Å². The number of nitrogens with zero attached hydrogens (tertiary/aromatic N) is 3. The summed E-state index contributed by atoms with van der Waals surface area (Å²) in [6.07, 6.45) is 3.60. The minimum absolute atomic E-state index is 0.00376. The van der Waals surface area contributed by atoms with E-state index < -0.39 is 15.8 Å². The Morgan fingerprint density at radius 3 is 2.35 bits per heavy atom. The summed E-state index contributed by atoms with van der Waals surface area (Å²) in [4.78, 5) is 20.1. The van der Waals surface area contributed by atoms with Crippen LogP contribution in [0.4, 0.5) is 10.1 Å². The number of hydrogen-bond acceptors (Lipinski definition) is 6. The van der Waals surface area contributed by atoms with Crippen molar-refractivity contribution >= 4 is 21.6 Å². The number of hydrogen-bond donors (Lipinski definition) is 1. The van der Waals surface area contributed by atoms with Crippen LogP contribution in [0.25, 0.3) is 0 Å². The Balaban J connectivity index is 1.46. The average molecular weight is 444 g/mol. The zero-order chi connectivity index (χ0) is 22.3. The second-order valence-electron chi connectivity index (χ2n) is 6.59. The SMILES string of the molecule is CN(CCCC(=O)Nc1ccc(Oc2ncccn2)cc1)S(=O)(=O)c1ccc(F)cc1. The van der Waals surface area contributed by atoms with Crippen molar-refractivity contribution < 1.29 is 22.3 Å². The van der Waals surface area contributed by atoms with Gasteiger partial charge in [0, 0.05) is 38.1 Å². The molecular weight excluding hydrogens is 423 g/mol. The second-order valence-corrected chi connectivity index (χ2v) is 8.63. The van der Waals surface area contributed by atoms with Gasteiger partial charge in [-0.1, -0.05) is 0 Å². The van der Waals surface area contributed by atoms with Gasteiger partial charge >= 0.3 is 6.01 Å². The number of anilines is 1. The van der Waals surface area contributed by atoms with Crippen molar-refractivity contribution in [3.05, 3.63) is 72.8 Å². The Morgan fingerprint density at radius 1 is 1.06 bits per heavy atom. The molecule has 2 aromatic carbocycles. The molecule has 0 saturated carbocycles. The fraction of sp³-hybridized carbons (Fsp3) is 0.190. The lowest BCUT2D eigenvalue weighted by molar-refractivity contribution is -0.116. The Morgan fingerprint density at radius 2 is 1.71 bits per heavy atom. The van der Waals surface area contributed by atoms with Gasteiger partial charge in [0.25, 0.3) is 0 Å². The Bertz CT molecular complexity index is 1110. The molecule has 0 fully saturated rings. The third kappa shape index (κ3) is 6.30. The molecule has 3 aromatic rings. The van der Waals surface area contributed by atoms with Gasteiger partial charge in [-0.15, -0.1) is 0 Å². The van der Waals surface area contributed by atoms with Gasteiger partial charge in [-0.2, -0.15) is 0 Å². The predicted molar refractivity (Wildman–Crippen MR) is 113 cm³/mol. The van der Waals surface area contributed by atoms with Crippen LogP contribution >= 0.6 is 0 Å². The smallest absolute Gasteiger partial charge is 0.321 e. The molecule has 1 heterocycles. The van der Waals surface area contributed by atoms with Gasteiger partial charge in [-0.25, -0.2) is 27.1 Å². The first-order valence-corrected chi connectivity index (χ1v) is 10.9. The van der Waals surface area contributed by atoms with Gasteiger partial charge in [0.1, 0.15) is 11.6 Å². The molecule has 1 amide bonds. The molecule has 0 saturated heterocycles. The van der Waals surface area contributed by atoms with Crippen molar-refractivity contribution in [2.75, 3.05) is 18.9 Å². The van der Waals surface area contributed by atoms with Crippen LogP contribution in [0.3, 0.4) is 0 Å². The summed E-state index contributed by atoms with van der Waals surface area (Å²) >= 11 is 0. The highest BCUT2D eigenvalue weighted by atomic mass is 32.2. The molecule has 0 aliphatic heterocycles. The summed E-state index contributed by atoms with van der Waals surface area (Å²) < 4.78 is 44.5. The highest BCUT2D eigenvalue weighted by Crippen LogP contribution is 2.20. The summed E-state index contributed by atoms with van der Waals surface area (Å²) in [6, 6.07) is 13.2. The molecule has 0 unspecified atom stereocenters. The minimum atomic E-state index is -3.73. The summed E-state index contributed by atoms with van der Waals surface area (Å²) in [5, 5.41) is 2.75. The van der Waals surface area contributed by atoms with E-state index in [0.29, 0.717) is 17.9 Å². The maximum atomic E-state index is 13.0. The lowest BCUT2D eigenvalue weighted by atomic mass is 10.2. The van der Waals surface area contributed by atoms with Gasteiger partial charge in [0.05, 0.1) is 4.90 Å². The summed E-state index contributed by atoms with van der Waals surface area (Å²) in [7, 11) is -2.31. The van der Waals surface area contributed by atoms with Gasteiger partial charge in [0.2, 0.25) is 15.9 Å². The van der Waals surface area contributed by atoms with Crippen molar-refractivity contribution in [2.24, 2.45) is 0 Å². The molecule has 0 bridgehead atoms. The first-order chi connectivity index (χ1) is 14.8. The van der Waals surface area contributed by atoms with Crippen LogP contribution in [-0.2, 0) is 14.8 Å². The molecule has 10 heteroatoms. The van der Waals surface area contributed by atoms with E-state index in [9.17, 15) is 17.6 Å². The summed E-state index contributed by atoms with van der Waals surface area (Å²) in [6.45, 7) is 0.150. The monoisotopic (exact) mass is 444 g/mol. The van der Waals surface area contributed by atoms with Crippen LogP contribution in [0.5, 0.6) is 11.8 Å². The van der Waals surface area contributed by atoms with Crippen molar-refractivity contribution in [1.82, 2.24) is 14.3 Å². The fourth-order valence-corrected chi connectivity index (χ4v) is 3.85. The number of sulfonamides is 1. The zero-order valence-electron chi connectivity index (χ0n) is 16.7. The van der Waals surface area contributed by atoms with Crippen LogP contribution in [-0.4, -0.2) is 42.2 Å². The number of aromatic nitrogens is 2. The van der Waals surface area contributed by atoms with E-state index in [4.69, 9.17) is 4.74 Å². The zero-order valence-corrected chi connectivity index (χ0v) is 17.5. The van der Waals surface area contributed by atoms with E-state index in [2.05, 4.69) is 15.3 Å². The van der Waals surface area contributed by atoms with Gasteiger partial charge in [-0.05, 0) is 61.0 Å². The van der Waals surface area contributed by atoms with E-state index in [1.165, 1.54) is 19.2 Å². The number of nitrogens with one attached hydrogen (secondary N) is 1. The quantitative estimate of drug-likeness (QED) is 0.542. The molecule has 31 heavy (non-hydrogen) atoms. The van der Waals surface area contributed by atoms with Gasteiger partial charge < -0.3 is 10.1 Å². The first kappa shape index (κ1) is 22.3. The molecule has 0 aliphatic rings. The number of benzene rings is 2. The van der Waals surface area contributed by atoms with Crippen LogP contribution in [0.15, 0.2) is 71.9 Å². The molecular formula is C21H21FN4O4S. The van der Waals surface area contributed by atoms with Crippen molar-refractivity contribution in [1.29, 1.82) is 0 Å². The minimum Gasteiger partial charge on any atom is -0.424 e. The predicted octanol–water partition coefficient (Wildman–Crippen LogP) is 3.45. The maximum Gasteiger partial charge on any atom is 0.321 e. The molecule has 0 aliphatic carbocycles.